The molecule has 0 unspecified atom stereocenters. The second-order valence-corrected chi connectivity index (χ2v) is 7.16. The van der Waals surface area contributed by atoms with E-state index in [1.165, 1.54) is 6.20 Å². The van der Waals surface area contributed by atoms with Gasteiger partial charge in [-0.1, -0.05) is 23.9 Å². The molecule has 132 valence electrons. The third-order valence-corrected chi connectivity index (χ3v) is 4.98. The first-order chi connectivity index (χ1) is 13.1. The largest absolute Gasteiger partial charge is 0.285 e. The number of nitrogens with zero attached hydrogens (tertiary/aromatic N) is 4. The van der Waals surface area contributed by atoms with Crippen molar-refractivity contribution in [2.75, 3.05) is 0 Å². The zero-order valence-corrected chi connectivity index (χ0v) is 15.3. The van der Waals surface area contributed by atoms with Crippen LogP contribution in [-0.2, 0) is 4.79 Å². The number of hydrazine groups is 1. The molecule has 27 heavy (non-hydrogen) atoms. The van der Waals surface area contributed by atoms with E-state index in [0.717, 1.165) is 27.8 Å². The van der Waals surface area contributed by atoms with Crippen molar-refractivity contribution in [1.82, 2.24) is 25.4 Å². The Labute approximate surface area is 163 Å². The summed E-state index contributed by atoms with van der Waals surface area (Å²) < 4.78 is 0.234. The van der Waals surface area contributed by atoms with Gasteiger partial charge < -0.3 is 0 Å². The van der Waals surface area contributed by atoms with Gasteiger partial charge in [-0.05, 0) is 42.6 Å². The maximum absolute atomic E-state index is 12.6. The number of hydrogen-bond donors (Lipinski definition) is 1. The second kappa shape index (κ2) is 7.22. The molecule has 0 aliphatic carbocycles. The number of thioether (sulfide) groups is 1. The normalized spacial score (nSPS) is 15.6. The van der Waals surface area contributed by atoms with Gasteiger partial charge in [0.1, 0.15) is 0 Å². The van der Waals surface area contributed by atoms with Crippen LogP contribution < -0.4 is 5.43 Å². The fourth-order valence-electron chi connectivity index (χ4n) is 2.40. The van der Waals surface area contributed by atoms with E-state index in [4.69, 9.17) is 12.2 Å². The van der Waals surface area contributed by atoms with Crippen LogP contribution in [0.3, 0.4) is 0 Å². The smallest absolute Gasteiger partial charge is 0.267 e. The number of benzene rings is 1. The third-order valence-electron chi connectivity index (χ3n) is 3.68. The summed E-state index contributed by atoms with van der Waals surface area (Å²) in [4.78, 5) is 37.9. The lowest BCUT2D eigenvalue weighted by Gasteiger charge is -2.15. The van der Waals surface area contributed by atoms with Crippen molar-refractivity contribution in [1.29, 1.82) is 0 Å². The molecule has 2 amide bonds. The molecule has 0 radical (unpaired) electrons. The fourth-order valence-corrected chi connectivity index (χ4v) is 3.57. The lowest BCUT2D eigenvalue weighted by Crippen LogP contribution is -2.44. The fraction of sp³-hybridized carbons (Fsp3) is 0. The van der Waals surface area contributed by atoms with Crippen LogP contribution in [0.15, 0.2) is 59.9 Å². The summed E-state index contributed by atoms with van der Waals surface area (Å²) in [5, 5.41) is 1.05. The summed E-state index contributed by atoms with van der Waals surface area (Å²) in [7, 11) is 0. The van der Waals surface area contributed by atoms with Gasteiger partial charge in [0.05, 0.1) is 33.4 Å². The molecule has 9 heteroatoms. The Hall–Kier alpha value is -3.17. The van der Waals surface area contributed by atoms with Crippen LogP contribution in [0.5, 0.6) is 0 Å². The van der Waals surface area contributed by atoms with E-state index >= 15 is 0 Å². The van der Waals surface area contributed by atoms with Gasteiger partial charge in [-0.15, -0.1) is 0 Å². The second-order valence-electron chi connectivity index (χ2n) is 5.48. The number of para-hydroxylation sites is 2. The molecule has 0 saturated carbocycles. The third kappa shape index (κ3) is 3.55. The predicted molar refractivity (Wildman–Crippen MR) is 106 cm³/mol. The van der Waals surface area contributed by atoms with Crippen molar-refractivity contribution in [2.24, 2.45) is 0 Å². The lowest BCUT2D eigenvalue weighted by molar-refractivity contribution is -0.123. The number of pyridine rings is 1. The molecule has 1 fully saturated rings. The summed E-state index contributed by atoms with van der Waals surface area (Å²) in [6.45, 7) is 0. The maximum Gasteiger partial charge on any atom is 0.285 e. The van der Waals surface area contributed by atoms with Crippen LogP contribution in [-0.4, -0.2) is 36.1 Å². The number of fused-ring (bicyclic) bond motifs is 1. The van der Waals surface area contributed by atoms with Crippen molar-refractivity contribution >= 4 is 57.2 Å². The number of amides is 2. The predicted octanol–water partition coefficient (Wildman–Crippen LogP) is 2.57. The standard InChI is InChI=1S/C18H11N5O2S2/c24-16(11-4-3-7-19-9-11)22-23-17(25)15(27-18(23)26)8-12-10-20-13-5-1-2-6-14(13)21-12/h1-10H,(H,22,24). The van der Waals surface area contributed by atoms with Gasteiger partial charge in [-0.3, -0.25) is 25.0 Å². The van der Waals surface area contributed by atoms with E-state index in [-0.39, 0.29) is 4.32 Å². The Morgan fingerprint density at radius 2 is 1.96 bits per heavy atom. The summed E-state index contributed by atoms with van der Waals surface area (Å²) >= 11 is 6.31. The Morgan fingerprint density at radius 3 is 2.74 bits per heavy atom. The molecule has 1 aromatic carbocycles. The number of aromatic nitrogens is 3. The van der Waals surface area contributed by atoms with Gasteiger partial charge >= 0.3 is 0 Å². The quantitative estimate of drug-likeness (QED) is 0.540. The highest BCUT2D eigenvalue weighted by Gasteiger charge is 2.34. The van der Waals surface area contributed by atoms with Crippen molar-refractivity contribution < 1.29 is 9.59 Å². The Kier molecular flexibility index (Phi) is 4.61. The van der Waals surface area contributed by atoms with Gasteiger partial charge in [0.25, 0.3) is 11.8 Å². The van der Waals surface area contributed by atoms with Gasteiger partial charge in [0.15, 0.2) is 4.32 Å². The number of carbonyl (C=O) groups is 2. The van der Waals surface area contributed by atoms with Crippen molar-refractivity contribution in [3.8, 4) is 0 Å². The molecule has 3 aromatic rings. The lowest BCUT2D eigenvalue weighted by atomic mass is 10.3. The molecular weight excluding hydrogens is 382 g/mol. The Balaban J connectivity index is 1.56. The molecule has 2 aromatic heterocycles. The van der Waals surface area contributed by atoms with Gasteiger partial charge in [0.2, 0.25) is 0 Å². The van der Waals surface area contributed by atoms with Crippen LogP contribution in [0, 0.1) is 0 Å². The molecule has 3 heterocycles. The van der Waals surface area contributed by atoms with E-state index in [0.29, 0.717) is 16.2 Å². The van der Waals surface area contributed by atoms with E-state index in [1.807, 2.05) is 24.3 Å². The number of hydrogen-bond acceptors (Lipinski definition) is 7. The van der Waals surface area contributed by atoms with Crippen LogP contribution in [0.2, 0.25) is 0 Å². The van der Waals surface area contributed by atoms with E-state index < -0.39 is 11.8 Å². The first kappa shape index (κ1) is 17.3. The van der Waals surface area contributed by atoms with E-state index in [2.05, 4.69) is 20.4 Å². The zero-order valence-electron chi connectivity index (χ0n) is 13.7. The van der Waals surface area contributed by atoms with Gasteiger partial charge in [0, 0.05) is 12.4 Å². The molecule has 7 nitrogen and oxygen atoms in total. The van der Waals surface area contributed by atoms with Gasteiger partial charge in [-0.2, -0.15) is 5.01 Å². The zero-order chi connectivity index (χ0) is 18.8. The van der Waals surface area contributed by atoms with Crippen molar-refractivity contribution in [3.63, 3.8) is 0 Å². The number of carbonyl (C=O) groups excluding carboxylic acids is 2. The number of nitrogens with one attached hydrogen (secondary N) is 1. The first-order valence-corrected chi connectivity index (χ1v) is 9.05. The summed E-state index contributed by atoms with van der Waals surface area (Å²) in [5.74, 6) is -0.886. The molecule has 1 aliphatic rings. The van der Waals surface area contributed by atoms with Crippen LogP contribution in [0.4, 0.5) is 0 Å². The minimum atomic E-state index is -0.467. The topological polar surface area (TPSA) is 88.1 Å². The van der Waals surface area contributed by atoms with E-state index in [1.54, 1.807) is 30.6 Å². The molecule has 0 bridgehead atoms. The number of thiocarbonyl (C=S) groups is 1. The Morgan fingerprint density at radius 1 is 1.15 bits per heavy atom. The summed E-state index contributed by atoms with van der Waals surface area (Å²) in [5.41, 5.74) is 4.87. The highest BCUT2D eigenvalue weighted by Crippen LogP contribution is 2.31. The number of rotatable bonds is 3. The summed E-state index contributed by atoms with van der Waals surface area (Å²) in [6.07, 6.45) is 6.16. The average Bonchev–Trinajstić information content (AvgIpc) is 2.96. The average molecular weight is 393 g/mol. The molecule has 0 spiro atoms. The minimum Gasteiger partial charge on any atom is -0.267 e. The summed E-state index contributed by atoms with van der Waals surface area (Å²) in [6, 6.07) is 10.7. The van der Waals surface area contributed by atoms with Crippen LogP contribution >= 0.6 is 24.0 Å². The maximum atomic E-state index is 12.6. The minimum absolute atomic E-state index is 0.234. The molecule has 1 saturated heterocycles. The highest BCUT2D eigenvalue weighted by molar-refractivity contribution is 8.26. The highest BCUT2D eigenvalue weighted by atomic mass is 32.2. The molecule has 0 atom stereocenters. The van der Waals surface area contributed by atoms with Gasteiger partial charge in [-0.25, -0.2) is 4.98 Å². The van der Waals surface area contributed by atoms with Crippen LogP contribution in [0.25, 0.3) is 17.1 Å². The van der Waals surface area contributed by atoms with Crippen LogP contribution in [0.1, 0.15) is 16.1 Å². The molecule has 1 aliphatic heterocycles. The molecule has 1 N–H and O–H groups in total. The van der Waals surface area contributed by atoms with Crippen molar-refractivity contribution in [2.45, 2.75) is 0 Å². The van der Waals surface area contributed by atoms with E-state index in [9.17, 15) is 9.59 Å². The van der Waals surface area contributed by atoms with Crippen molar-refractivity contribution in [3.05, 3.63) is 71.2 Å². The molecule has 4 rings (SSSR count). The first-order valence-electron chi connectivity index (χ1n) is 7.82. The SMILES string of the molecule is O=C(NN1C(=O)C(=Cc2cnc3ccccc3n2)SC1=S)c1cccnc1. The Bertz CT molecular complexity index is 1100. The molecular formula is C18H11N5O2S2. The monoisotopic (exact) mass is 393 g/mol.